The first-order valence-corrected chi connectivity index (χ1v) is 6.78. The highest BCUT2D eigenvalue weighted by atomic mass is 16.6. The molecular formula is C15H18N2O5. The summed E-state index contributed by atoms with van der Waals surface area (Å²) in [5.41, 5.74) is 0.658. The van der Waals surface area contributed by atoms with E-state index < -0.39 is 4.92 Å². The number of hydrogen-bond donors (Lipinski definition) is 1. The van der Waals surface area contributed by atoms with Gasteiger partial charge in [-0.25, -0.2) is 0 Å². The fourth-order valence-electron chi connectivity index (χ4n) is 1.55. The molecule has 0 aliphatic heterocycles. The predicted molar refractivity (Wildman–Crippen MR) is 81.0 cm³/mol. The highest BCUT2D eigenvalue weighted by Crippen LogP contribution is 2.12. The molecule has 1 aromatic rings. The van der Waals surface area contributed by atoms with Crippen molar-refractivity contribution in [2.45, 2.75) is 26.4 Å². The molecule has 1 rings (SSSR count). The summed E-state index contributed by atoms with van der Waals surface area (Å²) in [6.45, 7) is 3.70. The van der Waals surface area contributed by atoms with Gasteiger partial charge in [0.15, 0.2) is 0 Å². The van der Waals surface area contributed by atoms with Crippen LogP contribution < -0.4 is 5.32 Å². The third kappa shape index (κ3) is 6.65. The number of amides is 1. The Balaban J connectivity index is 2.38. The molecule has 0 fully saturated rings. The van der Waals surface area contributed by atoms with Gasteiger partial charge in [0.1, 0.15) is 0 Å². The largest absolute Gasteiger partial charge is 0.463 e. The molecule has 0 bridgehead atoms. The molecule has 1 N–H and O–H groups in total. The minimum absolute atomic E-state index is 0.00901. The average molecular weight is 306 g/mol. The van der Waals surface area contributed by atoms with Gasteiger partial charge < -0.3 is 10.1 Å². The molecule has 0 aliphatic rings. The summed E-state index contributed by atoms with van der Waals surface area (Å²) in [6, 6.07) is 5.81. The molecule has 0 radical (unpaired) electrons. The molecule has 7 heteroatoms. The van der Waals surface area contributed by atoms with Crippen LogP contribution in [0.4, 0.5) is 5.69 Å². The Morgan fingerprint density at radius 2 is 1.95 bits per heavy atom. The number of esters is 1. The van der Waals surface area contributed by atoms with Crippen LogP contribution in [-0.4, -0.2) is 29.4 Å². The minimum Gasteiger partial charge on any atom is -0.463 e. The van der Waals surface area contributed by atoms with Gasteiger partial charge in [-0.05, 0) is 37.6 Å². The molecule has 1 amide bonds. The van der Waals surface area contributed by atoms with E-state index in [0.717, 1.165) is 0 Å². The quantitative estimate of drug-likeness (QED) is 0.360. The Hall–Kier alpha value is -2.70. The van der Waals surface area contributed by atoms with Crippen molar-refractivity contribution in [1.82, 2.24) is 5.32 Å². The highest BCUT2D eigenvalue weighted by molar-refractivity contribution is 5.91. The van der Waals surface area contributed by atoms with Crippen LogP contribution in [0.5, 0.6) is 0 Å². The summed E-state index contributed by atoms with van der Waals surface area (Å²) in [5.74, 6) is -0.717. The molecule has 22 heavy (non-hydrogen) atoms. The van der Waals surface area contributed by atoms with Crippen LogP contribution >= 0.6 is 0 Å². The molecule has 0 aromatic heterocycles. The van der Waals surface area contributed by atoms with Crippen LogP contribution in [0.2, 0.25) is 0 Å². The SMILES string of the molecule is CC(C)OC(=O)CCNC(=O)/C=C/c1ccc([N+](=O)[O-])cc1. The lowest BCUT2D eigenvalue weighted by Gasteiger charge is -2.07. The van der Waals surface area contributed by atoms with Crippen LogP contribution in [0.1, 0.15) is 25.8 Å². The molecular weight excluding hydrogens is 288 g/mol. The van der Waals surface area contributed by atoms with E-state index in [1.165, 1.54) is 24.3 Å². The minimum atomic E-state index is -0.490. The van der Waals surface area contributed by atoms with Gasteiger partial charge >= 0.3 is 5.97 Å². The number of carbonyl (C=O) groups excluding carboxylic acids is 2. The smallest absolute Gasteiger partial charge is 0.307 e. The molecule has 0 atom stereocenters. The Morgan fingerprint density at radius 3 is 2.50 bits per heavy atom. The van der Waals surface area contributed by atoms with E-state index in [1.807, 2.05) is 0 Å². The molecule has 1 aromatic carbocycles. The summed E-state index contributed by atoms with van der Waals surface area (Å²) in [4.78, 5) is 32.8. The van der Waals surface area contributed by atoms with Gasteiger partial charge in [0, 0.05) is 24.8 Å². The second-order valence-electron chi connectivity index (χ2n) is 4.76. The van der Waals surface area contributed by atoms with Crippen LogP contribution in [-0.2, 0) is 14.3 Å². The maximum atomic E-state index is 11.5. The number of nitrogens with zero attached hydrogens (tertiary/aromatic N) is 1. The summed E-state index contributed by atoms with van der Waals surface area (Å²) >= 11 is 0. The summed E-state index contributed by atoms with van der Waals surface area (Å²) < 4.78 is 4.93. The first-order valence-electron chi connectivity index (χ1n) is 6.78. The summed E-state index contributed by atoms with van der Waals surface area (Å²) in [5, 5.41) is 13.1. The first-order chi connectivity index (χ1) is 10.4. The van der Waals surface area contributed by atoms with Gasteiger partial charge in [-0.3, -0.25) is 19.7 Å². The lowest BCUT2D eigenvalue weighted by atomic mass is 10.2. The van der Waals surface area contributed by atoms with Crippen LogP contribution in [0, 0.1) is 10.1 Å². The molecule has 0 aliphatic carbocycles. The average Bonchev–Trinajstić information content (AvgIpc) is 2.44. The Kier molecular flexibility index (Phi) is 6.75. The second-order valence-corrected chi connectivity index (χ2v) is 4.76. The number of benzene rings is 1. The molecule has 118 valence electrons. The van der Waals surface area contributed by atoms with Crippen molar-refractivity contribution < 1.29 is 19.2 Å². The lowest BCUT2D eigenvalue weighted by molar-refractivity contribution is -0.384. The standard InChI is InChI=1S/C15H18N2O5/c1-11(2)22-15(19)9-10-16-14(18)8-5-12-3-6-13(7-4-12)17(20)21/h3-8,11H,9-10H2,1-2H3,(H,16,18)/b8-5+. The lowest BCUT2D eigenvalue weighted by Crippen LogP contribution is -2.25. The van der Waals surface area contributed by atoms with Gasteiger partial charge in [0.05, 0.1) is 17.4 Å². The number of nitrogens with one attached hydrogen (secondary N) is 1. The highest BCUT2D eigenvalue weighted by Gasteiger charge is 2.06. The van der Waals surface area contributed by atoms with Gasteiger partial charge in [-0.2, -0.15) is 0 Å². The second kappa shape index (κ2) is 8.56. The van der Waals surface area contributed by atoms with Crippen molar-refractivity contribution in [2.75, 3.05) is 6.54 Å². The Labute approximate surface area is 128 Å². The van der Waals surface area contributed by atoms with Crippen molar-refractivity contribution in [2.24, 2.45) is 0 Å². The normalized spacial score (nSPS) is 10.7. The van der Waals surface area contributed by atoms with E-state index in [2.05, 4.69) is 5.32 Å². The number of rotatable bonds is 7. The maximum absolute atomic E-state index is 11.5. The van der Waals surface area contributed by atoms with Crippen LogP contribution in [0.25, 0.3) is 6.08 Å². The Bertz CT molecular complexity index is 564. The Morgan fingerprint density at radius 1 is 1.32 bits per heavy atom. The number of ether oxygens (including phenoxy) is 1. The van der Waals surface area contributed by atoms with Crippen molar-refractivity contribution >= 4 is 23.6 Å². The molecule has 7 nitrogen and oxygen atoms in total. The maximum Gasteiger partial charge on any atom is 0.307 e. The van der Waals surface area contributed by atoms with Crippen LogP contribution in [0.15, 0.2) is 30.3 Å². The van der Waals surface area contributed by atoms with Crippen molar-refractivity contribution in [3.05, 3.63) is 46.0 Å². The number of carbonyl (C=O) groups is 2. The van der Waals surface area contributed by atoms with E-state index in [9.17, 15) is 19.7 Å². The zero-order chi connectivity index (χ0) is 16.5. The predicted octanol–water partition coefficient (Wildman–Crippen LogP) is 2.07. The fraction of sp³-hybridized carbons (Fsp3) is 0.333. The van der Waals surface area contributed by atoms with Gasteiger partial charge in [-0.1, -0.05) is 0 Å². The number of hydrogen-bond acceptors (Lipinski definition) is 5. The third-order valence-electron chi connectivity index (χ3n) is 2.53. The third-order valence-corrected chi connectivity index (χ3v) is 2.53. The number of nitro groups is 1. The van der Waals surface area contributed by atoms with Crippen LogP contribution in [0.3, 0.4) is 0 Å². The van der Waals surface area contributed by atoms with E-state index >= 15 is 0 Å². The molecule has 0 saturated heterocycles. The molecule has 0 unspecified atom stereocenters. The number of non-ortho nitro benzene ring substituents is 1. The van der Waals surface area contributed by atoms with Gasteiger partial charge in [0.25, 0.3) is 5.69 Å². The van der Waals surface area contributed by atoms with Crippen molar-refractivity contribution in [3.63, 3.8) is 0 Å². The van der Waals surface area contributed by atoms with Crippen molar-refractivity contribution in [1.29, 1.82) is 0 Å². The first kappa shape index (κ1) is 17.4. The molecule has 0 spiro atoms. The zero-order valence-corrected chi connectivity index (χ0v) is 12.4. The van der Waals surface area contributed by atoms with Gasteiger partial charge in [0.2, 0.25) is 5.91 Å². The topological polar surface area (TPSA) is 98.5 Å². The molecule has 0 heterocycles. The summed E-state index contributed by atoms with van der Waals surface area (Å²) in [7, 11) is 0. The van der Waals surface area contributed by atoms with Gasteiger partial charge in [-0.15, -0.1) is 0 Å². The van der Waals surface area contributed by atoms with E-state index in [-0.39, 0.29) is 36.6 Å². The monoisotopic (exact) mass is 306 g/mol. The van der Waals surface area contributed by atoms with E-state index in [0.29, 0.717) is 5.56 Å². The van der Waals surface area contributed by atoms with Crippen molar-refractivity contribution in [3.8, 4) is 0 Å². The zero-order valence-electron chi connectivity index (χ0n) is 12.4. The number of nitro benzene ring substituents is 1. The summed E-state index contributed by atoms with van der Waals surface area (Å²) in [6.07, 6.45) is 2.76. The fourth-order valence-corrected chi connectivity index (χ4v) is 1.55. The molecule has 0 saturated carbocycles. The van der Waals surface area contributed by atoms with E-state index in [4.69, 9.17) is 4.74 Å². The van der Waals surface area contributed by atoms with E-state index in [1.54, 1.807) is 26.0 Å².